The van der Waals surface area contributed by atoms with Crippen molar-refractivity contribution < 1.29 is 18.1 Å². The number of morpholine rings is 1. The number of halogens is 1. The van der Waals surface area contributed by atoms with E-state index in [2.05, 4.69) is 0 Å². The van der Waals surface area contributed by atoms with Gasteiger partial charge in [0.15, 0.2) is 0 Å². The monoisotopic (exact) mass is 362 g/mol. The van der Waals surface area contributed by atoms with Crippen molar-refractivity contribution in [3.63, 3.8) is 0 Å². The third-order valence-electron chi connectivity index (χ3n) is 3.78. The second-order valence-corrected chi connectivity index (χ2v) is 7.82. The number of rotatable bonds is 6. The molecule has 1 saturated heterocycles. The van der Waals surface area contributed by atoms with Gasteiger partial charge in [-0.15, -0.1) is 0 Å². The molecule has 1 heterocycles. The Balaban J connectivity index is 2.37. The number of benzene rings is 1. The molecule has 9 heteroatoms. The van der Waals surface area contributed by atoms with Crippen molar-refractivity contribution in [2.45, 2.75) is 25.0 Å². The van der Waals surface area contributed by atoms with Gasteiger partial charge in [-0.25, -0.2) is 8.42 Å². The van der Waals surface area contributed by atoms with Crippen molar-refractivity contribution >= 4 is 27.3 Å². The van der Waals surface area contributed by atoms with Crippen LogP contribution in [0.2, 0.25) is 5.02 Å². The standard InChI is InChI=1S/C14H19ClN2O5S/c1-2-3-14(23(20,21)16-6-8-22-9-7-16)11-4-5-13(17(18)19)12(15)10-11/h4-5,10,14H,2-3,6-9H2,1H3. The zero-order chi connectivity index (χ0) is 17.0. The lowest BCUT2D eigenvalue weighted by molar-refractivity contribution is -0.384. The van der Waals surface area contributed by atoms with Crippen molar-refractivity contribution in [3.05, 3.63) is 38.9 Å². The summed E-state index contributed by atoms with van der Waals surface area (Å²) in [6.07, 6.45) is 1.09. The summed E-state index contributed by atoms with van der Waals surface area (Å²) in [5.41, 5.74) is 0.253. The maximum atomic E-state index is 12.9. The Kier molecular flexibility index (Phi) is 5.96. The Morgan fingerprint density at radius 1 is 1.39 bits per heavy atom. The van der Waals surface area contributed by atoms with Gasteiger partial charge in [-0.2, -0.15) is 4.31 Å². The van der Waals surface area contributed by atoms with Gasteiger partial charge in [0.2, 0.25) is 10.0 Å². The number of hydrogen-bond acceptors (Lipinski definition) is 5. The van der Waals surface area contributed by atoms with Gasteiger partial charge in [0.1, 0.15) is 10.3 Å². The van der Waals surface area contributed by atoms with Crippen LogP contribution < -0.4 is 0 Å². The van der Waals surface area contributed by atoms with E-state index in [0.29, 0.717) is 44.7 Å². The van der Waals surface area contributed by atoms with Gasteiger partial charge in [-0.05, 0) is 18.1 Å². The van der Waals surface area contributed by atoms with E-state index in [4.69, 9.17) is 16.3 Å². The maximum absolute atomic E-state index is 12.9. The van der Waals surface area contributed by atoms with E-state index in [9.17, 15) is 18.5 Å². The highest BCUT2D eigenvalue weighted by Crippen LogP contribution is 2.34. The lowest BCUT2D eigenvalue weighted by Gasteiger charge is -2.30. The van der Waals surface area contributed by atoms with Crippen LogP contribution in [-0.2, 0) is 14.8 Å². The molecule has 1 aliphatic rings. The third kappa shape index (κ3) is 4.00. The zero-order valence-electron chi connectivity index (χ0n) is 12.8. The van der Waals surface area contributed by atoms with E-state index >= 15 is 0 Å². The van der Waals surface area contributed by atoms with Gasteiger partial charge in [-0.1, -0.05) is 31.0 Å². The van der Waals surface area contributed by atoms with Crippen LogP contribution in [0.1, 0.15) is 30.6 Å². The minimum absolute atomic E-state index is 0.0502. The van der Waals surface area contributed by atoms with Gasteiger partial charge in [0, 0.05) is 19.2 Å². The SMILES string of the molecule is CCCC(c1ccc([N+](=O)[O-])c(Cl)c1)S(=O)(=O)N1CCOCC1. The summed E-state index contributed by atoms with van der Waals surface area (Å²) in [5, 5.41) is 10.0. The molecule has 1 aromatic rings. The van der Waals surface area contributed by atoms with Crippen LogP contribution in [0.5, 0.6) is 0 Å². The maximum Gasteiger partial charge on any atom is 0.287 e. The number of hydrogen-bond donors (Lipinski definition) is 0. The second-order valence-electron chi connectivity index (χ2n) is 5.30. The van der Waals surface area contributed by atoms with Crippen LogP contribution in [0.4, 0.5) is 5.69 Å². The van der Waals surface area contributed by atoms with Gasteiger partial charge in [0.05, 0.1) is 18.1 Å². The summed E-state index contributed by atoms with van der Waals surface area (Å²) < 4.78 is 32.4. The van der Waals surface area contributed by atoms with Crippen LogP contribution in [0.25, 0.3) is 0 Å². The van der Waals surface area contributed by atoms with Crippen molar-refractivity contribution in [1.29, 1.82) is 0 Å². The highest BCUT2D eigenvalue weighted by molar-refractivity contribution is 7.89. The second kappa shape index (κ2) is 7.57. The topological polar surface area (TPSA) is 89.8 Å². The molecule has 1 aromatic carbocycles. The number of ether oxygens (including phenoxy) is 1. The first-order valence-electron chi connectivity index (χ1n) is 7.38. The molecule has 0 bridgehead atoms. The molecule has 128 valence electrons. The summed E-state index contributed by atoms with van der Waals surface area (Å²) in [6, 6.07) is 4.12. The number of sulfonamides is 1. The third-order valence-corrected chi connectivity index (χ3v) is 6.40. The molecule has 1 unspecified atom stereocenters. The van der Waals surface area contributed by atoms with E-state index in [1.807, 2.05) is 6.92 Å². The molecule has 0 radical (unpaired) electrons. The fraction of sp³-hybridized carbons (Fsp3) is 0.571. The molecule has 1 aliphatic heterocycles. The number of nitro groups is 1. The number of nitro benzene ring substituents is 1. The Labute approximate surface area is 140 Å². The first kappa shape index (κ1) is 18.1. The van der Waals surface area contributed by atoms with E-state index in [0.717, 1.165) is 0 Å². The van der Waals surface area contributed by atoms with Crippen molar-refractivity contribution in [2.75, 3.05) is 26.3 Å². The van der Waals surface area contributed by atoms with E-state index in [1.165, 1.54) is 22.5 Å². The smallest absolute Gasteiger partial charge is 0.287 e. The molecule has 1 atom stereocenters. The molecule has 1 fully saturated rings. The lowest BCUT2D eigenvalue weighted by Crippen LogP contribution is -2.42. The predicted molar refractivity (Wildman–Crippen MR) is 87.1 cm³/mol. The molecule has 7 nitrogen and oxygen atoms in total. The highest BCUT2D eigenvalue weighted by atomic mass is 35.5. The van der Waals surface area contributed by atoms with Crippen molar-refractivity contribution in [1.82, 2.24) is 4.31 Å². The molecule has 0 spiro atoms. The van der Waals surface area contributed by atoms with Crippen LogP contribution in [0.3, 0.4) is 0 Å². The lowest BCUT2D eigenvalue weighted by atomic mass is 10.1. The molecule has 0 aliphatic carbocycles. The fourth-order valence-electron chi connectivity index (χ4n) is 2.60. The molecule has 0 saturated carbocycles. The van der Waals surface area contributed by atoms with Gasteiger partial charge in [-0.3, -0.25) is 10.1 Å². The predicted octanol–water partition coefficient (Wildman–Crippen LogP) is 2.75. The molecule has 0 amide bonds. The molecular weight excluding hydrogens is 344 g/mol. The molecule has 0 aromatic heterocycles. The molecular formula is C14H19ClN2O5S. The summed E-state index contributed by atoms with van der Waals surface area (Å²) >= 11 is 5.93. The number of nitrogens with zero attached hydrogens (tertiary/aromatic N) is 2. The zero-order valence-corrected chi connectivity index (χ0v) is 14.3. The van der Waals surface area contributed by atoms with Crippen LogP contribution in [0, 0.1) is 10.1 Å². The van der Waals surface area contributed by atoms with Gasteiger partial charge >= 0.3 is 0 Å². The first-order valence-corrected chi connectivity index (χ1v) is 9.26. The normalized spacial score (nSPS) is 17.8. The average molecular weight is 363 g/mol. The Morgan fingerprint density at radius 2 is 2.04 bits per heavy atom. The van der Waals surface area contributed by atoms with Crippen LogP contribution in [0.15, 0.2) is 18.2 Å². The van der Waals surface area contributed by atoms with Crippen molar-refractivity contribution in [2.24, 2.45) is 0 Å². The summed E-state index contributed by atoms with van der Waals surface area (Å²) in [5.74, 6) is 0. The highest BCUT2D eigenvalue weighted by Gasteiger charge is 2.34. The molecule has 23 heavy (non-hydrogen) atoms. The largest absolute Gasteiger partial charge is 0.379 e. The average Bonchev–Trinajstić information content (AvgIpc) is 2.52. The van der Waals surface area contributed by atoms with E-state index in [1.54, 1.807) is 0 Å². The molecule has 2 rings (SSSR count). The molecule has 0 N–H and O–H groups in total. The minimum Gasteiger partial charge on any atom is -0.379 e. The first-order chi connectivity index (χ1) is 10.9. The quantitative estimate of drug-likeness (QED) is 0.573. The van der Waals surface area contributed by atoms with Crippen molar-refractivity contribution in [3.8, 4) is 0 Å². The van der Waals surface area contributed by atoms with E-state index < -0.39 is 20.2 Å². The van der Waals surface area contributed by atoms with Gasteiger partial charge in [0.25, 0.3) is 5.69 Å². The van der Waals surface area contributed by atoms with Crippen LogP contribution >= 0.6 is 11.6 Å². The van der Waals surface area contributed by atoms with Gasteiger partial charge < -0.3 is 4.74 Å². The summed E-state index contributed by atoms with van der Waals surface area (Å²) in [7, 11) is -3.56. The Hall–Kier alpha value is -1.22. The Morgan fingerprint density at radius 3 is 2.57 bits per heavy atom. The van der Waals surface area contributed by atoms with Crippen LogP contribution in [-0.4, -0.2) is 43.9 Å². The fourth-order valence-corrected chi connectivity index (χ4v) is 4.90. The van der Waals surface area contributed by atoms with E-state index in [-0.39, 0.29) is 10.7 Å². The Bertz CT molecular complexity index is 674. The minimum atomic E-state index is -3.56. The summed E-state index contributed by atoms with van der Waals surface area (Å²) in [6.45, 7) is 3.29. The summed E-state index contributed by atoms with van der Waals surface area (Å²) in [4.78, 5) is 10.3.